The number of rotatable bonds is 6. The molecule has 1 aliphatic rings. The van der Waals surface area contributed by atoms with Crippen LogP contribution in [0.4, 0.5) is 0 Å². The van der Waals surface area contributed by atoms with Gasteiger partial charge in [0.25, 0.3) is 0 Å². The summed E-state index contributed by atoms with van der Waals surface area (Å²) in [6.45, 7) is 5.11. The molecule has 2 aromatic rings. The maximum absolute atomic E-state index is 5.86. The van der Waals surface area contributed by atoms with Gasteiger partial charge in [0.15, 0.2) is 5.75 Å². The van der Waals surface area contributed by atoms with Crippen molar-refractivity contribution in [2.45, 2.75) is 45.3 Å². The minimum atomic E-state index is 0.349. The Morgan fingerprint density at radius 1 is 1.35 bits per heavy atom. The number of nitrogens with one attached hydrogen (secondary N) is 1. The van der Waals surface area contributed by atoms with E-state index in [1.54, 1.807) is 6.20 Å². The summed E-state index contributed by atoms with van der Waals surface area (Å²) >= 11 is 0. The Bertz CT molecular complexity index is 573. The zero-order valence-electron chi connectivity index (χ0n) is 12.0. The average Bonchev–Trinajstić information content (AvgIpc) is 3.15. The standard InChI is InChI=1S/C16H21N3O/c1-12(2)19-11-16(10-18-19)20-15-5-3-4-13(8-15)9-17-14-6-7-14/h3-5,8,10-12,14,17H,6-7,9H2,1-2H3. The van der Waals surface area contributed by atoms with Crippen molar-refractivity contribution in [2.24, 2.45) is 0 Å². The average molecular weight is 271 g/mol. The quantitative estimate of drug-likeness (QED) is 0.874. The number of ether oxygens (including phenoxy) is 1. The van der Waals surface area contributed by atoms with Crippen LogP contribution in [0.25, 0.3) is 0 Å². The van der Waals surface area contributed by atoms with Gasteiger partial charge in [-0.2, -0.15) is 5.10 Å². The Morgan fingerprint density at radius 2 is 2.20 bits per heavy atom. The van der Waals surface area contributed by atoms with Crippen molar-refractivity contribution in [3.63, 3.8) is 0 Å². The van der Waals surface area contributed by atoms with Gasteiger partial charge >= 0.3 is 0 Å². The van der Waals surface area contributed by atoms with Crippen LogP contribution in [0.1, 0.15) is 38.3 Å². The van der Waals surface area contributed by atoms with E-state index >= 15 is 0 Å². The first-order valence-electron chi connectivity index (χ1n) is 7.25. The van der Waals surface area contributed by atoms with Crippen molar-refractivity contribution >= 4 is 0 Å². The van der Waals surface area contributed by atoms with Crippen LogP contribution in [0.5, 0.6) is 11.5 Å². The predicted octanol–water partition coefficient (Wildman–Crippen LogP) is 3.51. The molecule has 106 valence electrons. The van der Waals surface area contributed by atoms with Gasteiger partial charge in [-0.1, -0.05) is 12.1 Å². The Kier molecular flexibility index (Phi) is 3.74. The van der Waals surface area contributed by atoms with Gasteiger partial charge < -0.3 is 10.1 Å². The largest absolute Gasteiger partial charge is 0.454 e. The number of aromatic nitrogens is 2. The third-order valence-corrected chi connectivity index (χ3v) is 3.41. The van der Waals surface area contributed by atoms with Crippen LogP contribution in [0.2, 0.25) is 0 Å². The monoisotopic (exact) mass is 271 g/mol. The Labute approximate surface area is 119 Å². The maximum atomic E-state index is 5.86. The van der Waals surface area contributed by atoms with Crippen molar-refractivity contribution in [1.82, 2.24) is 15.1 Å². The van der Waals surface area contributed by atoms with Crippen LogP contribution in [0, 0.1) is 0 Å². The molecule has 0 aliphatic heterocycles. The number of benzene rings is 1. The van der Waals surface area contributed by atoms with E-state index in [0.29, 0.717) is 6.04 Å². The van der Waals surface area contributed by atoms with Gasteiger partial charge in [-0.15, -0.1) is 0 Å². The smallest absolute Gasteiger partial charge is 0.165 e. The van der Waals surface area contributed by atoms with Crippen LogP contribution < -0.4 is 10.1 Å². The molecule has 0 spiro atoms. The van der Waals surface area contributed by atoms with E-state index in [9.17, 15) is 0 Å². The highest BCUT2D eigenvalue weighted by molar-refractivity contribution is 5.32. The van der Waals surface area contributed by atoms with E-state index in [2.05, 4.69) is 36.4 Å². The Hall–Kier alpha value is -1.81. The highest BCUT2D eigenvalue weighted by Gasteiger charge is 2.19. The van der Waals surface area contributed by atoms with Gasteiger partial charge in [-0.3, -0.25) is 4.68 Å². The van der Waals surface area contributed by atoms with Gasteiger partial charge in [-0.25, -0.2) is 0 Å². The van der Waals surface area contributed by atoms with Gasteiger partial charge in [0.1, 0.15) is 5.75 Å². The summed E-state index contributed by atoms with van der Waals surface area (Å²) in [6.07, 6.45) is 6.31. The summed E-state index contributed by atoms with van der Waals surface area (Å²) in [5.74, 6) is 1.65. The lowest BCUT2D eigenvalue weighted by Gasteiger charge is -2.07. The fraction of sp³-hybridized carbons (Fsp3) is 0.438. The topological polar surface area (TPSA) is 39.1 Å². The minimum absolute atomic E-state index is 0.349. The Morgan fingerprint density at radius 3 is 2.90 bits per heavy atom. The molecular weight excluding hydrogens is 250 g/mol. The van der Waals surface area contributed by atoms with Gasteiger partial charge in [0, 0.05) is 18.6 Å². The zero-order valence-corrected chi connectivity index (χ0v) is 12.0. The number of hydrogen-bond donors (Lipinski definition) is 1. The van der Waals surface area contributed by atoms with E-state index < -0.39 is 0 Å². The second kappa shape index (κ2) is 5.67. The second-order valence-corrected chi connectivity index (χ2v) is 5.65. The van der Waals surface area contributed by atoms with E-state index in [0.717, 1.165) is 24.1 Å². The third-order valence-electron chi connectivity index (χ3n) is 3.41. The second-order valence-electron chi connectivity index (χ2n) is 5.65. The SMILES string of the molecule is CC(C)n1cc(Oc2cccc(CNC3CC3)c2)cn1. The fourth-order valence-electron chi connectivity index (χ4n) is 2.06. The van der Waals surface area contributed by atoms with Crippen molar-refractivity contribution in [3.05, 3.63) is 42.2 Å². The van der Waals surface area contributed by atoms with Gasteiger partial charge in [0.05, 0.1) is 12.4 Å². The molecule has 1 heterocycles. The van der Waals surface area contributed by atoms with Crippen molar-refractivity contribution in [3.8, 4) is 11.5 Å². The molecule has 0 atom stereocenters. The van der Waals surface area contributed by atoms with E-state index in [4.69, 9.17) is 4.74 Å². The third kappa shape index (κ3) is 3.39. The van der Waals surface area contributed by atoms with Gasteiger partial charge in [-0.05, 0) is 44.4 Å². The lowest BCUT2D eigenvalue weighted by molar-refractivity contribution is 0.476. The molecule has 1 fully saturated rings. The summed E-state index contributed by atoms with van der Waals surface area (Å²) < 4.78 is 7.76. The summed E-state index contributed by atoms with van der Waals surface area (Å²) in [5.41, 5.74) is 1.26. The van der Waals surface area contributed by atoms with E-state index in [1.165, 1.54) is 18.4 Å². The maximum Gasteiger partial charge on any atom is 0.165 e. The Balaban J connectivity index is 1.64. The van der Waals surface area contributed by atoms with Gasteiger partial charge in [0.2, 0.25) is 0 Å². The highest BCUT2D eigenvalue weighted by Crippen LogP contribution is 2.24. The first-order chi connectivity index (χ1) is 9.70. The van der Waals surface area contributed by atoms with Crippen molar-refractivity contribution < 1.29 is 4.74 Å². The first kappa shape index (κ1) is 13.2. The number of nitrogens with zero attached hydrogens (tertiary/aromatic N) is 2. The zero-order chi connectivity index (χ0) is 13.9. The molecule has 0 saturated heterocycles. The molecule has 0 unspecified atom stereocenters. The molecule has 0 radical (unpaired) electrons. The lowest BCUT2D eigenvalue weighted by atomic mass is 10.2. The van der Waals surface area contributed by atoms with Crippen LogP contribution in [0.15, 0.2) is 36.7 Å². The normalized spacial score (nSPS) is 14.8. The lowest BCUT2D eigenvalue weighted by Crippen LogP contribution is -2.15. The summed E-state index contributed by atoms with van der Waals surface area (Å²) in [6, 6.07) is 9.30. The molecule has 1 N–H and O–H groups in total. The van der Waals surface area contributed by atoms with Crippen molar-refractivity contribution in [2.75, 3.05) is 0 Å². The number of hydrogen-bond acceptors (Lipinski definition) is 3. The van der Waals surface area contributed by atoms with Crippen LogP contribution in [-0.2, 0) is 6.54 Å². The molecule has 1 aliphatic carbocycles. The summed E-state index contributed by atoms with van der Waals surface area (Å²) in [4.78, 5) is 0. The molecule has 20 heavy (non-hydrogen) atoms. The highest BCUT2D eigenvalue weighted by atomic mass is 16.5. The molecule has 3 rings (SSSR count). The summed E-state index contributed by atoms with van der Waals surface area (Å²) in [7, 11) is 0. The first-order valence-corrected chi connectivity index (χ1v) is 7.25. The van der Waals surface area contributed by atoms with Crippen LogP contribution in [0.3, 0.4) is 0 Å². The predicted molar refractivity (Wildman–Crippen MR) is 79.0 cm³/mol. The van der Waals surface area contributed by atoms with Crippen molar-refractivity contribution in [1.29, 1.82) is 0 Å². The van der Waals surface area contributed by atoms with E-state index in [-0.39, 0.29) is 0 Å². The summed E-state index contributed by atoms with van der Waals surface area (Å²) in [5, 5.41) is 7.79. The molecular formula is C16H21N3O. The molecule has 1 aromatic heterocycles. The molecule has 0 amide bonds. The molecule has 1 saturated carbocycles. The van der Waals surface area contributed by atoms with Crippen LogP contribution in [-0.4, -0.2) is 15.8 Å². The fourth-order valence-corrected chi connectivity index (χ4v) is 2.06. The molecule has 4 nitrogen and oxygen atoms in total. The van der Waals surface area contributed by atoms with Crippen LogP contribution >= 0.6 is 0 Å². The molecule has 0 bridgehead atoms. The van der Waals surface area contributed by atoms with E-state index in [1.807, 2.05) is 23.0 Å². The minimum Gasteiger partial charge on any atom is -0.454 e. The molecule has 1 aromatic carbocycles. The molecule has 4 heteroatoms.